The third-order valence-electron chi connectivity index (χ3n) is 7.25. The largest absolute Gasteiger partial charge is 0.744 e. The van der Waals surface area contributed by atoms with Crippen LogP contribution in [-0.4, -0.2) is 37.6 Å². The van der Waals surface area contributed by atoms with Crippen LogP contribution in [-0.2, 0) is 10.1 Å². The van der Waals surface area contributed by atoms with Gasteiger partial charge < -0.3 is 4.55 Å². The van der Waals surface area contributed by atoms with Crippen LogP contribution in [0.25, 0.3) is 0 Å². The molecule has 1 aromatic carbocycles. The molecule has 212 valence electrons. The van der Waals surface area contributed by atoms with Crippen molar-refractivity contribution in [3.8, 4) is 0 Å². The van der Waals surface area contributed by atoms with Crippen molar-refractivity contribution >= 4 is 17.4 Å². The Kier molecular flexibility index (Phi) is 22.3. The van der Waals surface area contributed by atoms with E-state index in [1.165, 1.54) is 108 Å². The van der Waals surface area contributed by atoms with Crippen LogP contribution in [0.4, 0.5) is 0 Å². The maximum atomic E-state index is 10.4. The first-order chi connectivity index (χ1) is 17.2. The lowest BCUT2D eigenvalue weighted by Gasteiger charge is -2.28. The number of hydrogen-bond donors (Lipinski definition) is 0. The molecular weight excluding hydrogens is 483 g/mol. The van der Waals surface area contributed by atoms with Gasteiger partial charge in [-0.3, -0.25) is 0 Å². The van der Waals surface area contributed by atoms with E-state index in [1.807, 2.05) is 6.92 Å². The first-order valence-corrected chi connectivity index (χ1v) is 19.1. The fourth-order valence-corrected chi connectivity index (χ4v) is 10.5. The van der Waals surface area contributed by atoms with E-state index in [9.17, 15) is 13.0 Å². The number of unbranched alkanes of at least 4 members (excludes halogenated alkanes) is 12. The molecule has 0 saturated heterocycles. The Balaban J connectivity index is 0.000000918. The Labute approximate surface area is 226 Å². The third-order valence-corrected chi connectivity index (χ3v) is 13.2. The highest BCUT2D eigenvalue weighted by Crippen LogP contribution is 2.61. The van der Waals surface area contributed by atoms with E-state index in [-0.39, 0.29) is 4.90 Å². The Hall–Kier alpha value is -0.440. The van der Waals surface area contributed by atoms with Crippen LogP contribution < -0.4 is 0 Å². The van der Waals surface area contributed by atoms with Gasteiger partial charge in [-0.05, 0) is 51.2 Å². The second-order valence-corrected chi connectivity index (χ2v) is 16.6. The van der Waals surface area contributed by atoms with Gasteiger partial charge in [0.1, 0.15) is 10.1 Å². The molecule has 1 aromatic rings. The van der Waals surface area contributed by atoms with Crippen molar-refractivity contribution in [2.45, 2.75) is 142 Å². The molecule has 0 atom stereocenters. The molecule has 0 saturated carbocycles. The Morgan fingerprint density at radius 1 is 0.556 bits per heavy atom. The van der Waals surface area contributed by atoms with Crippen molar-refractivity contribution in [2.24, 2.45) is 0 Å². The Morgan fingerprint density at radius 2 is 0.889 bits per heavy atom. The van der Waals surface area contributed by atoms with Crippen LogP contribution in [0, 0.1) is 6.92 Å². The summed E-state index contributed by atoms with van der Waals surface area (Å²) in [5.74, 6) is 0. The number of rotatable bonds is 21. The second kappa shape index (κ2) is 22.5. The molecule has 5 heteroatoms. The molecule has 1 rings (SSSR count). The van der Waals surface area contributed by atoms with Crippen molar-refractivity contribution in [1.29, 1.82) is 0 Å². The van der Waals surface area contributed by atoms with Gasteiger partial charge in [0.05, 0.1) is 29.5 Å². The number of benzene rings is 1. The summed E-state index contributed by atoms with van der Waals surface area (Å²) in [7, 11) is -4.89. The molecule has 36 heavy (non-hydrogen) atoms. The molecule has 0 aliphatic rings. The lowest BCUT2D eigenvalue weighted by Crippen LogP contribution is -2.13. The SMILES string of the molecule is CCCCCCCCCCCC[P+](CCCC)(CCCC)CCCC.Cc1ccc(S(=O)(=O)[O-])cc1. The van der Waals surface area contributed by atoms with Crippen LogP contribution in [0.2, 0.25) is 0 Å². The van der Waals surface area contributed by atoms with Crippen LogP contribution in [0.5, 0.6) is 0 Å². The summed E-state index contributed by atoms with van der Waals surface area (Å²) >= 11 is 0. The highest BCUT2D eigenvalue weighted by atomic mass is 32.2. The molecule has 0 amide bonds. The molecular formula is C31H59O3PS. The number of aryl methyl sites for hydroxylation is 1. The standard InChI is InChI=1S/C24H52P.C7H8O3S/c1-5-9-13-14-15-16-17-18-19-20-24-25(21-10-6-2,22-11-7-3)23-12-8-4;1-6-2-4-7(5-3-6)11(8,9)10/h5-24H2,1-4H3;2-5H,1H3,(H,8,9,10)/q+1;/p-1. The predicted molar refractivity (Wildman–Crippen MR) is 162 cm³/mol. The quantitative estimate of drug-likeness (QED) is 0.0882. The van der Waals surface area contributed by atoms with Crippen molar-refractivity contribution < 1.29 is 13.0 Å². The predicted octanol–water partition coefficient (Wildman–Crippen LogP) is 10.2. The molecule has 0 heterocycles. The summed E-state index contributed by atoms with van der Waals surface area (Å²) in [5.41, 5.74) is 0.928. The zero-order valence-electron chi connectivity index (χ0n) is 24.5. The van der Waals surface area contributed by atoms with Crippen LogP contribution >= 0.6 is 7.26 Å². The lowest BCUT2D eigenvalue weighted by atomic mass is 10.1. The van der Waals surface area contributed by atoms with Crippen LogP contribution in [0.1, 0.15) is 136 Å². The zero-order valence-corrected chi connectivity index (χ0v) is 26.2. The highest BCUT2D eigenvalue weighted by Gasteiger charge is 2.34. The lowest BCUT2D eigenvalue weighted by molar-refractivity contribution is 0.463. The van der Waals surface area contributed by atoms with E-state index < -0.39 is 17.4 Å². The minimum absolute atomic E-state index is 0.178. The van der Waals surface area contributed by atoms with Crippen LogP contribution in [0.15, 0.2) is 29.2 Å². The molecule has 0 N–H and O–H groups in total. The molecule has 3 nitrogen and oxygen atoms in total. The van der Waals surface area contributed by atoms with Gasteiger partial charge in [-0.2, -0.15) is 0 Å². The molecule has 0 spiro atoms. The van der Waals surface area contributed by atoms with E-state index in [0.717, 1.165) is 5.56 Å². The molecule has 0 aliphatic heterocycles. The maximum absolute atomic E-state index is 10.4. The van der Waals surface area contributed by atoms with Gasteiger partial charge in [-0.15, -0.1) is 0 Å². The summed E-state index contributed by atoms with van der Waals surface area (Å²) in [6, 6.07) is 5.78. The van der Waals surface area contributed by atoms with E-state index in [1.54, 1.807) is 43.2 Å². The van der Waals surface area contributed by atoms with E-state index >= 15 is 0 Å². The topological polar surface area (TPSA) is 57.2 Å². The van der Waals surface area contributed by atoms with Crippen molar-refractivity contribution in [3.63, 3.8) is 0 Å². The summed E-state index contributed by atoms with van der Waals surface area (Å²) < 4.78 is 31.2. The van der Waals surface area contributed by atoms with Crippen molar-refractivity contribution in [3.05, 3.63) is 29.8 Å². The summed E-state index contributed by atoms with van der Waals surface area (Å²) in [6.07, 6.45) is 30.0. The van der Waals surface area contributed by atoms with Crippen LogP contribution in [0.3, 0.4) is 0 Å². The minimum Gasteiger partial charge on any atom is -0.744 e. The van der Waals surface area contributed by atoms with E-state index in [2.05, 4.69) is 27.7 Å². The van der Waals surface area contributed by atoms with Gasteiger partial charge in [0.2, 0.25) is 0 Å². The molecule has 0 bridgehead atoms. The van der Waals surface area contributed by atoms with Gasteiger partial charge in [0, 0.05) is 7.26 Å². The average Bonchev–Trinajstić information content (AvgIpc) is 2.86. The Bertz CT molecular complexity index is 694. The zero-order chi connectivity index (χ0) is 27.1. The maximum Gasteiger partial charge on any atom is 0.124 e. The monoisotopic (exact) mass is 542 g/mol. The molecule has 0 fully saturated rings. The van der Waals surface area contributed by atoms with Gasteiger partial charge in [0.15, 0.2) is 0 Å². The highest BCUT2D eigenvalue weighted by molar-refractivity contribution is 7.85. The molecule has 0 aromatic heterocycles. The molecule has 0 radical (unpaired) electrons. The van der Waals surface area contributed by atoms with Gasteiger partial charge in [0.25, 0.3) is 0 Å². The van der Waals surface area contributed by atoms with Crippen molar-refractivity contribution in [1.82, 2.24) is 0 Å². The first-order valence-electron chi connectivity index (χ1n) is 15.1. The van der Waals surface area contributed by atoms with Crippen molar-refractivity contribution in [2.75, 3.05) is 24.6 Å². The number of hydrogen-bond acceptors (Lipinski definition) is 3. The molecule has 0 unspecified atom stereocenters. The first kappa shape index (κ1) is 35.6. The van der Waals surface area contributed by atoms with E-state index in [0.29, 0.717) is 0 Å². The van der Waals surface area contributed by atoms with Gasteiger partial charge in [-0.25, -0.2) is 8.42 Å². The summed E-state index contributed by atoms with van der Waals surface area (Å²) in [6.45, 7) is 11.3. The normalized spacial score (nSPS) is 11.8. The van der Waals surface area contributed by atoms with E-state index in [4.69, 9.17) is 0 Å². The average molecular weight is 543 g/mol. The summed E-state index contributed by atoms with van der Waals surface area (Å²) in [5, 5.41) is 0. The van der Waals surface area contributed by atoms with Gasteiger partial charge >= 0.3 is 0 Å². The fourth-order valence-electron chi connectivity index (χ4n) is 4.79. The third kappa shape index (κ3) is 18.8. The second-order valence-electron chi connectivity index (χ2n) is 10.7. The minimum atomic E-state index is -4.27. The molecule has 0 aliphatic carbocycles. The van der Waals surface area contributed by atoms with Gasteiger partial charge in [-0.1, -0.05) is 116 Å². The Morgan fingerprint density at radius 3 is 1.25 bits per heavy atom. The fraction of sp³-hybridized carbons (Fsp3) is 0.806. The smallest absolute Gasteiger partial charge is 0.124 e. The summed E-state index contributed by atoms with van der Waals surface area (Å²) in [4.78, 5) is -0.178.